The number of H-pyrrole nitrogens is 1. The van der Waals surface area contributed by atoms with Gasteiger partial charge in [-0.2, -0.15) is 0 Å². The van der Waals surface area contributed by atoms with Crippen molar-refractivity contribution in [3.8, 4) is 0 Å². The lowest BCUT2D eigenvalue weighted by molar-refractivity contribution is -0.130. The van der Waals surface area contributed by atoms with E-state index in [2.05, 4.69) is 25.6 Å². The lowest BCUT2D eigenvalue weighted by Crippen LogP contribution is -2.38. The van der Waals surface area contributed by atoms with Gasteiger partial charge in [-0.25, -0.2) is 9.97 Å². The summed E-state index contributed by atoms with van der Waals surface area (Å²) in [6.07, 6.45) is 8.33. The van der Waals surface area contributed by atoms with Gasteiger partial charge in [-0.15, -0.1) is 0 Å². The standard InChI is InChI=1S/C18H25N5O2/c1-4-18(3,5-2)17(25)21-10-7-6-9-20-16(24)14-13-8-11-19-15(13)23-12-22-14/h6-8,11-12H,4-5,9-10H2,1-3H3,(H,20,24)(H,21,25)(H,19,22,23)/b7-6+. The Morgan fingerprint density at radius 3 is 2.52 bits per heavy atom. The normalized spacial score (nSPS) is 11.8. The molecule has 7 nitrogen and oxygen atoms in total. The molecule has 0 radical (unpaired) electrons. The monoisotopic (exact) mass is 343 g/mol. The van der Waals surface area contributed by atoms with E-state index in [1.54, 1.807) is 12.3 Å². The molecule has 7 heteroatoms. The minimum Gasteiger partial charge on any atom is -0.352 e. The van der Waals surface area contributed by atoms with Crippen LogP contribution in [0.3, 0.4) is 0 Å². The molecule has 134 valence electrons. The highest BCUT2D eigenvalue weighted by Crippen LogP contribution is 2.25. The quantitative estimate of drug-likeness (QED) is 0.640. The van der Waals surface area contributed by atoms with Crippen LogP contribution in [-0.2, 0) is 4.79 Å². The van der Waals surface area contributed by atoms with E-state index in [0.29, 0.717) is 29.8 Å². The maximum absolute atomic E-state index is 12.2. The van der Waals surface area contributed by atoms with Crippen molar-refractivity contribution in [2.24, 2.45) is 5.41 Å². The van der Waals surface area contributed by atoms with E-state index >= 15 is 0 Å². The van der Waals surface area contributed by atoms with Crippen molar-refractivity contribution < 1.29 is 9.59 Å². The summed E-state index contributed by atoms with van der Waals surface area (Å²) in [6.45, 7) is 6.81. The van der Waals surface area contributed by atoms with E-state index in [1.165, 1.54) is 6.33 Å². The van der Waals surface area contributed by atoms with Crippen molar-refractivity contribution in [2.45, 2.75) is 33.6 Å². The molecule has 2 heterocycles. The van der Waals surface area contributed by atoms with E-state index in [1.807, 2.05) is 32.9 Å². The topological polar surface area (TPSA) is 99.8 Å². The van der Waals surface area contributed by atoms with E-state index in [0.717, 1.165) is 12.8 Å². The molecular formula is C18H25N5O2. The first-order valence-electron chi connectivity index (χ1n) is 8.51. The van der Waals surface area contributed by atoms with Gasteiger partial charge in [0.25, 0.3) is 5.91 Å². The molecule has 2 rings (SSSR count). The van der Waals surface area contributed by atoms with Gasteiger partial charge < -0.3 is 15.6 Å². The molecule has 0 aliphatic heterocycles. The molecule has 0 aromatic carbocycles. The fraction of sp³-hybridized carbons (Fsp3) is 0.444. The van der Waals surface area contributed by atoms with Crippen LogP contribution >= 0.6 is 0 Å². The van der Waals surface area contributed by atoms with Crippen LogP contribution in [0.4, 0.5) is 0 Å². The van der Waals surface area contributed by atoms with Gasteiger partial charge in [0.2, 0.25) is 5.91 Å². The summed E-state index contributed by atoms with van der Waals surface area (Å²) in [5, 5.41) is 6.37. The number of amides is 2. The minimum absolute atomic E-state index is 0.0574. The molecule has 2 aromatic heterocycles. The van der Waals surface area contributed by atoms with Crippen molar-refractivity contribution in [2.75, 3.05) is 13.1 Å². The Morgan fingerprint density at radius 1 is 1.16 bits per heavy atom. The molecule has 0 unspecified atom stereocenters. The highest BCUT2D eigenvalue weighted by molar-refractivity contribution is 6.03. The molecule has 0 saturated carbocycles. The smallest absolute Gasteiger partial charge is 0.270 e. The summed E-state index contributed by atoms with van der Waals surface area (Å²) in [5.41, 5.74) is 0.652. The van der Waals surface area contributed by atoms with Crippen molar-refractivity contribution in [1.29, 1.82) is 0 Å². The Labute approximate surface area is 147 Å². The van der Waals surface area contributed by atoms with Crippen LogP contribution in [0.25, 0.3) is 11.0 Å². The number of nitrogens with zero attached hydrogens (tertiary/aromatic N) is 2. The number of carbonyl (C=O) groups is 2. The molecule has 0 aliphatic carbocycles. The van der Waals surface area contributed by atoms with Gasteiger partial charge in [0, 0.05) is 24.7 Å². The Hall–Kier alpha value is -2.70. The lowest BCUT2D eigenvalue weighted by Gasteiger charge is -2.24. The van der Waals surface area contributed by atoms with Crippen LogP contribution in [0.2, 0.25) is 0 Å². The number of aromatic amines is 1. The predicted octanol–water partition coefficient (Wildman–Crippen LogP) is 2.19. The molecule has 25 heavy (non-hydrogen) atoms. The SMILES string of the molecule is CCC(C)(CC)C(=O)NC/C=C/CNC(=O)c1ncnc2[nH]ccc12. The van der Waals surface area contributed by atoms with Crippen LogP contribution in [-0.4, -0.2) is 39.9 Å². The Morgan fingerprint density at radius 2 is 1.84 bits per heavy atom. The van der Waals surface area contributed by atoms with Gasteiger partial charge in [-0.3, -0.25) is 9.59 Å². The second-order valence-corrected chi connectivity index (χ2v) is 6.12. The van der Waals surface area contributed by atoms with Gasteiger partial charge in [0.1, 0.15) is 17.7 Å². The summed E-state index contributed by atoms with van der Waals surface area (Å²) in [4.78, 5) is 35.3. The first-order chi connectivity index (χ1) is 12.0. The fourth-order valence-electron chi connectivity index (χ4n) is 2.39. The zero-order valence-electron chi connectivity index (χ0n) is 14.9. The Balaban J connectivity index is 1.79. The number of fused-ring (bicyclic) bond motifs is 1. The molecule has 0 spiro atoms. The van der Waals surface area contributed by atoms with E-state index in [-0.39, 0.29) is 17.2 Å². The number of hydrogen-bond acceptors (Lipinski definition) is 4. The zero-order chi connectivity index (χ0) is 18.3. The summed E-state index contributed by atoms with van der Waals surface area (Å²) in [5.74, 6) is -0.202. The third-order valence-corrected chi connectivity index (χ3v) is 4.61. The number of carbonyl (C=O) groups excluding carboxylic acids is 2. The van der Waals surface area contributed by atoms with Crippen LogP contribution in [0.1, 0.15) is 44.1 Å². The lowest BCUT2D eigenvalue weighted by atomic mass is 9.84. The number of hydrogen-bond donors (Lipinski definition) is 3. The van der Waals surface area contributed by atoms with Gasteiger partial charge in [0.05, 0.1) is 5.39 Å². The zero-order valence-corrected chi connectivity index (χ0v) is 14.9. The minimum atomic E-state index is -0.322. The first-order valence-corrected chi connectivity index (χ1v) is 8.51. The van der Waals surface area contributed by atoms with E-state index < -0.39 is 0 Å². The van der Waals surface area contributed by atoms with Crippen LogP contribution in [0.5, 0.6) is 0 Å². The summed E-state index contributed by atoms with van der Waals surface area (Å²) < 4.78 is 0. The molecular weight excluding hydrogens is 318 g/mol. The second kappa shape index (κ2) is 8.41. The van der Waals surface area contributed by atoms with Gasteiger partial charge in [-0.1, -0.05) is 32.9 Å². The molecule has 3 N–H and O–H groups in total. The van der Waals surface area contributed by atoms with E-state index in [9.17, 15) is 9.59 Å². The number of aromatic nitrogens is 3. The summed E-state index contributed by atoms with van der Waals surface area (Å²) >= 11 is 0. The molecule has 2 aromatic rings. The molecule has 0 saturated heterocycles. The number of rotatable bonds is 8. The van der Waals surface area contributed by atoms with Crippen molar-refractivity contribution >= 4 is 22.8 Å². The van der Waals surface area contributed by atoms with Gasteiger partial charge in [0.15, 0.2) is 0 Å². The fourth-order valence-corrected chi connectivity index (χ4v) is 2.39. The molecule has 0 fully saturated rings. The van der Waals surface area contributed by atoms with Crippen LogP contribution in [0, 0.1) is 5.41 Å². The summed E-state index contributed by atoms with van der Waals surface area (Å²) in [7, 11) is 0. The maximum atomic E-state index is 12.2. The van der Waals surface area contributed by atoms with Crippen molar-refractivity contribution in [3.63, 3.8) is 0 Å². The second-order valence-electron chi connectivity index (χ2n) is 6.12. The Bertz CT molecular complexity index is 762. The molecule has 0 aliphatic rings. The van der Waals surface area contributed by atoms with Gasteiger partial charge >= 0.3 is 0 Å². The highest BCUT2D eigenvalue weighted by Gasteiger charge is 2.28. The van der Waals surface area contributed by atoms with Crippen LogP contribution in [0.15, 0.2) is 30.7 Å². The van der Waals surface area contributed by atoms with Crippen LogP contribution < -0.4 is 10.6 Å². The number of nitrogens with one attached hydrogen (secondary N) is 3. The summed E-state index contributed by atoms with van der Waals surface area (Å²) in [6, 6.07) is 1.77. The first kappa shape index (κ1) is 18.6. The maximum Gasteiger partial charge on any atom is 0.270 e. The third kappa shape index (κ3) is 4.43. The predicted molar refractivity (Wildman–Crippen MR) is 97.1 cm³/mol. The van der Waals surface area contributed by atoms with Gasteiger partial charge in [-0.05, 0) is 18.9 Å². The molecule has 2 amide bonds. The van der Waals surface area contributed by atoms with Crippen molar-refractivity contribution in [1.82, 2.24) is 25.6 Å². The van der Waals surface area contributed by atoms with E-state index in [4.69, 9.17) is 0 Å². The molecule has 0 atom stereocenters. The average Bonchev–Trinajstić information content (AvgIpc) is 3.12. The van der Waals surface area contributed by atoms with Crippen molar-refractivity contribution in [3.05, 3.63) is 36.4 Å². The third-order valence-electron chi connectivity index (χ3n) is 4.61. The largest absolute Gasteiger partial charge is 0.352 e. The Kier molecular flexibility index (Phi) is 6.27. The highest BCUT2D eigenvalue weighted by atomic mass is 16.2. The average molecular weight is 343 g/mol. The molecule has 0 bridgehead atoms.